The molecule has 0 spiro atoms. The van der Waals surface area contributed by atoms with Crippen molar-refractivity contribution >= 4 is 5.97 Å². The van der Waals surface area contributed by atoms with Gasteiger partial charge >= 0.3 is 5.97 Å². The zero-order chi connectivity index (χ0) is 16.1. The van der Waals surface area contributed by atoms with E-state index in [2.05, 4.69) is 10.0 Å². The van der Waals surface area contributed by atoms with Crippen molar-refractivity contribution in [2.75, 3.05) is 6.54 Å². The molecule has 3 N–H and O–H groups in total. The van der Waals surface area contributed by atoms with Gasteiger partial charge in [-0.05, 0) is 23.2 Å². The molecule has 8 heteroatoms. The fraction of sp³-hybridized carbons (Fsp3) is 0.214. The zero-order valence-corrected chi connectivity index (χ0v) is 11.3. The Morgan fingerprint density at radius 2 is 1.91 bits per heavy atom. The van der Waals surface area contributed by atoms with E-state index in [0.717, 1.165) is 0 Å². The Kier molecular flexibility index (Phi) is 4.80. The molecule has 2 atom stereocenters. The van der Waals surface area contributed by atoms with Crippen LogP contribution < -0.4 is 0 Å². The first-order valence-corrected chi connectivity index (χ1v) is 6.33. The molecule has 1 heterocycles. The smallest absolute Gasteiger partial charge is 0.371 e. The SMILES string of the molecule is [N-]=[N+]=NCC(O)C(O)c1ccc(-c2ccc(C(=O)O)o2)cc1. The molecule has 0 fully saturated rings. The largest absolute Gasteiger partial charge is 0.475 e. The van der Waals surface area contributed by atoms with Crippen LogP contribution in [0, 0.1) is 0 Å². The van der Waals surface area contributed by atoms with Crippen LogP contribution >= 0.6 is 0 Å². The van der Waals surface area contributed by atoms with Crippen LogP contribution in [0.25, 0.3) is 21.8 Å². The number of aliphatic hydroxyl groups excluding tert-OH is 2. The highest BCUT2D eigenvalue weighted by Gasteiger charge is 2.18. The first-order valence-electron chi connectivity index (χ1n) is 6.33. The minimum absolute atomic E-state index is 0.163. The van der Waals surface area contributed by atoms with Gasteiger partial charge < -0.3 is 19.7 Å². The Morgan fingerprint density at radius 3 is 2.45 bits per heavy atom. The van der Waals surface area contributed by atoms with Crippen molar-refractivity contribution in [1.29, 1.82) is 0 Å². The number of hydrogen-bond acceptors (Lipinski definition) is 5. The maximum Gasteiger partial charge on any atom is 0.371 e. The molecule has 2 aromatic rings. The highest BCUT2D eigenvalue weighted by Crippen LogP contribution is 2.25. The van der Waals surface area contributed by atoms with Gasteiger partial charge in [0, 0.05) is 10.5 Å². The van der Waals surface area contributed by atoms with Crippen LogP contribution in [0.2, 0.25) is 0 Å². The lowest BCUT2D eigenvalue weighted by atomic mass is 10.0. The minimum atomic E-state index is -1.20. The van der Waals surface area contributed by atoms with E-state index in [-0.39, 0.29) is 12.3 Å². The molecular weight excluding hydrogens is 290 g/mol. The molecular formula is C14H13N3O5. The number of aliphatic hydroxyl groups is 2. The molecule has 1 aromatic heterocycles. The maximum atomic E-state index is 10.8. The second-order valence-corrected chi connectivity index (χ2v) is 4.52. The van der Waals surface area contributed by atoms with Gasteiger partial charge in [-0.15, -0.1) is 0 Å². The average molecular weight is 303 g/mol. The maximum absolute atomic E-state index is 10.8. The van der Waals surface area contributed by atoms with Gasteiger partial charge in [0.2, 0.25) is 5.76 Å². The second kappa shape index (κ2) is 6.77. The van der Waals surface area contributed by atoms with Crippen molar-refractivity contribution < 1.29 is 24.5 Å². The minimum Gasteiger partial charge on any atom is -0.475 e. The Balaban J connectivity index is 2.15. The molecule has 8 nitrogen and oxygen atoms in total. The van der Waals surface area contributed by atoms with E-state index in [1.165, 1.54) is 12.1 Å². The average Bonchev–Trinajstić information content (AvgIpc) is 3.02. The highest BCUT2D eigenvalue weighted by molar-refractivity contribution is 5.85. The Bertz CT molecular complexity index is 704. The van der Waals surface area contributed by atoms with Crippen molar-refractivity contribution in [2.24, 2.45) is 5.11 Å². The van der Waals surface area contributed by atoms with Gasteiger partial charge in [0.15, 0.2) is 0 Å². The van der Waals surface area contributed by atoms with Crippen molar-refractivity contribution in [2.45, 2.75) is 12.2 Å². The van der Waals surface area contributed by atoms with E-state index in [9.17, 15) is 15.0 Å². The van der Waals surface area contributed by atoms with E-state index < -0.39 is 18.2 Å². The third kappa shape index (κ3) is 3.44. The van der Waals surface area contributed by atoms with Gasteiger partial charge in [-0.25, -0.2) is 4.79 Å². The lowest BCUT2D eigenvalue weighted by molar-refractivity contribution is 0.0244. The van der Waals surface area contributed by atoms with Crippen molar-refractivity contribution in [3.05, 3.63) is 58.2 Å². The van der Waals surface area contributed by atoms with E-state index in [4.69, 9.17) is 15.1 Å². The number of benzene rings is 1. The van der Waals surface area contributed by atoms with Gasteiger partial charge in [-0.2, -0.15) is 0 Å². The number of azide groups is 1. The second-order valence-electron chi connectivity index (χ2n) is 4.52. The van der Waals surface area contributed by atoms with Crippen LogP contribution in [0.15, 0.2) is 45.9 Å². The van der Waals surface area contributed by atoms with E-state index >= 15 is 0 Å². The van der Waals surface area contributed by atoms with Crippen LogP contribution in [0.1, 0.15) is 22.2 Å². The van der Waals surface area contributed by atoms with Gasteiger partial charge in [0.25, 0.3) is 0 Å². The predicted octanol–water partition coefficient (Wildman–Crippen LogP) is 2.35. The molecule has 22 heavy (non-hydrogen) atoms. The summed E-state index contributed by atoms with van der Waals surface area (Å²) in [5.74, 6) is -0.934. The number of rotatable bonds is 6. The molecule has 2 unspecified atom stereocenters. The molecule has 0 saturated carbocycles. The summed E-state index contributed by atoms with van der Waals surface area (Å²) < 4.78 is 5.17. The summed E-state index contributed by atoms with van der Waals surface area (Å²) in [6.45, 7) is -0.237. The fourth-order valence-corrected chi connectivity index (χ4v) is 1.89. The van der Waals surface area contributed by atoms with Crippen LogP contribution in [-0.2, 0) is 0 Å². The fourth-order valence-electron chi connectivity index (χ4n) is 1.89. The number of carboxylic acids is 1. The Labute approximate surface area is 124 Å². The summed E-state index contributed by atoms with van der Waals surface area (Å²) in [4.78, 5) is 13.3. The third-order valence-electron chi connectivity index (χ3n) is 3.05. The van der Waals surface area contributed by atoms with Crippen LogP contribution in [0.3, 0.4) is 0 Å². The summed E-state index contributed by atoms with van der Waals surface area (Å²) in [6.07, 6.45) is -2.39. The number of carbonyl (C=O) groups is 1. The first-order chi connectivity index (χ1) is 10.5. The molecule has 1 aromatic carbocycles. The zero-order valence-electron chi connectivity index (χ0n) is 11.3. The highest BCUT2D eigenvalue weighted by atomic mass is 16.4. The standard InChI is InChI=1S/C14H13N3O5/c15-17-16-7-10(18)13(19)9-3-1-8(2-4-9)11-5-6-12(22-11)14(20)21/h1-6,10,13,18-19H,7H2,(H,20,21). The molecule has 0 bridgehead atoms. The van der Waals surface area contributed by atoms with E-state index in [1.807, 2.05) is 0 Å². The molecule has 0 aliphatic carbocycles. The summed E-state index contributed by atoms with van der Waals surface area (Å²) in [6, 6.07) is 9.28. The van der Waals surface area contributed by atoms with Crippen LogP contribution in [-0.4, -0.2) is 33.9 Å². The van der Waals surface area contributed by atoms with E-state index in [1.54, 1.807) is 24.3 Å². The molecule has 0 aliphatic heterocycles. The van der Waals surface area contributed by atoms with Crippen LogP contribution in [0.5, 0.6) is 0 Å². The predicted molar refractivity (Wildman–Crippen MR) is 76.1 cm³/mol. The number of aromatic carboxylic acids is 1. The van der Waals surface area contributed by atoms with Crippen molar-refractivity contribution in [3.63, 3.8) is 0 Å². The third-order valence-corrected chi connectivity index (χ3v) is 3.05. The Morgan fingerprint density at radius 1 is 1.23 bits per heavy atom. The van der Waals surface area contributed by atoms with Gasteiger partial charge in [0.1, 0.15) is 11.9 Å². The number of furan rings is 1. The molecule has 2 rings (SSSR count). The van der Waals surface area contributed by atoms with Gasteiger partial charge in [-0.3, -0.25) is 0 Å². The number of carboxylic acid groups (broad SMARTS) is 1. The number of hydrogen-bond donors (Lipinski definition) is 3. The Hall–Kier alpha value is -2.80. The quantitative estimate of drug-likeness (QED) is 0.427. The lowest BCUT2D eigenvalue weighted by Gasteiger charge is -2.16. The number of nitrogens with zero attached hydrogens (tertiary/aromatic N) is 3. The summed E-state index contributed by atoms with van der Waals surface area (Å²) in [5.41, 5.74) is 9.26. The topological polar surface area (TPSA) is 140 Å². The van der Waals surface area contributed by atoms with E-state index in [0.29, 0.717) is 16.9 Å². The molecule has 0 saturated heterocycles. The van der Waals surface area contributed by atoms with Crippen molar-refractivity contribution in [1.82, 2.24) is 0 Å². The summed E-state index contributed by atoms with van der Waals surface area (Å²) >= 11 is 0. The molecule has 0 radical (unpaired) electrons. The van der Waals surface area contributed by atoms with Gasteiger partial charge in [0.05, 0.1) is 12.6 Å². The van der Waals surface area contributed by atoms with Crippen molar-refractivity contribution in [3.8, 4) is 11.3 Å². The van der Waals surface area contributed by atoms with Crippen LogP contribution in [0.4, 0.5) is 0 Å². The summed E-state index contributed by atoms with van der Waals surface area (Å²) in [5, 5.41) is 31.6. The first kappa shape index (κ1) is 15.6. The molecule has 0 amide bonds. The summed E-state index contributed by atoms with van der Waals surface area (Å²) in [7, 11) is 0. The monoisotopic (exact) mass is 303 g/mol. The lowest BCUT2D eigenvalue weighted by Crippen LogP contribution is -2.21. The normalized spacial score (nSPS) is 13.2. The molecule has 114 valence electrons. The van der Waals surface area contributed by atoms with Gasteiger partial charge in [-0.1, -0.05) is 29.4 Å². The molecule has 0 aliphatic rings.